The third-order valence-electron chi connectivity index (χ3n) is 4.21. The first-order chi connectivity index (χ1) is 10.1. The summed E-state index contributed by atoms with van der Waals surface area (Å²) in [5.41, 5.74) is 2.33. The summed E-state index contributed by atoms with van der Waals surface area (Å²) in [6, 6.07) is 8.96. The lowest BCUT2D eigenvalue weighted by Crippen LogP contribution is -2.48. The monoisotopic (exact) mass is 288 g/mol. The minimum atomic E-state index is 0.239. The highest BCUT2D eigenvalue weighted by atomic mass is 16.2. The number of carbonyl (C=O) groups is 1. The summed E-state index contributed by atoms with van der Waals surface area (Å²) in [4.78, 5) is 14.7. The smallest absolute Gasteiger partial charge is 0.227 e. The van der Waals surface area contributed by atoms with E-state index in [-0.39, 0.29) is 11.9 Å². The molecule has 2 rings (SSSR count). The van der Waals surface area contributed by atoms with Crippen LogP contribution in [0.2, 0.25) is 0 Å². The molecule has 1 aliphatic rings. The zero-order valence-electron chi connectivity index (χ0n) is 13.6. The maximum absolute atomic E-state index is 12.6. The molecule has 1 heterocycles. The Morgan fingerprint density at radius 1 is 1.38 bits per heavy atom. The number of hydrogen-bond acceptors (Lipinski definition) is 2. The summed E-state index contributed by atoms with van der Waals surface area (Å²) < 4.78 is 0. The van der Waals surface area contributed by atoms with E-state index in [9.17, 15) is 4.79 Å². The Morgan fingerprint density at radius 3 is 2.81 bits per heavy atom. The zero-order chi connectivity index (χ0) is 15.2. The normalized spacial score (nSPS) is 18.8. The fraction of sp³-hybridized carbons (Fsp3) is 0.611. The van der Waals surface area contributed by atoms with Crippen molar-refractivity contribution in [3.63, 3.8) is 0 Å². The average Bonchev–Trinajstić information content (AvgIpc) is 2.45. The topological polar surface area (TPSA) is 32.3 Å². The number of benzene rings is 1. The molecule has 3 nitrogen and oxygen atoms in total. The molecular formula is C18H28N2O. The van der Waals surface area contributed by atoms with Gasteiger partial charge in [-0.3, -0.25) is 4.79 Å². The lowest BCUT2D eigenvalue weighted by atomic mass is 10.0. The van der Waals surface area contributed by atoms with Gasteiger partial charge in [-0.05, 0) is 45.7 Å². The van der Waals surface area contributed by atoms with Crippen molar-refractivity contribution < 1.29 is 4.79 Å². The molecule has 0 aromatic heterocycles. The standard InChI is InChI=1S/C18H28N2O/c1-14(2)20(13-17-9-4-5-10-19-17)18(21)12-16-8-6-7-15(3)11-16/h6-8,11,14,17,19H,4-5,9-10,12-13H2,1-3H3. The molecule has 1 amide bonds. The predicted molar refractivity (Wildman–Crippen MR) is 87.4 cm³/mol. The van der Waals surface area contributed by atoms with Crippen LogP contribution in [0.5, 0.6) is 0 Å². The van der Waals surface area contributed by atoms with Gasteiger partial charge in [-0.15, -0.1) is 0 Å². The first-order valence-corrected chi connectivity index (χ1v) is 8.14. The summed E-state index contributed by atoms with van der Waals surface area (Å²) in [7, 11) is 0. The van der Waals surface area contributed by atoms with E-state index in [1.807, 2.05) is 17.0 Å². The van der Waals surface area contributed by atoms with Gasteiger partial charge in [0.05, 0.1) is 6.42 Å². The summed E-state index contributed by atoms with van der Waals surface area (Å²) in [6.45, 7) is 8.21. The summed E-state index contributed by atoms with van der Waals surface area (Å²) in [5, 5.41) is 3.54. The summed E-state index contributed by atoms with van der Waals surface area (Å²) >= 11 is 0. The molecule has 1 aromatic carbocycles. The van der Waals surface area contributed by atoms with Gasteiger partial charge in [-0.1, -0.05) is 36.2 Å². The second-order valence-electron chi connectivity index (χ2n) is 6.45. The Hall–Kier alpha value is -1.35. The van der Waals surface area contributed by atoms with Gasteiger partial charge < -0.3 is 10.2 Å². The molecule has 1 fully saturated rings. The van der Waals surface area contributed by atoms with E-state index in [1.54, 1.807) is 0 Å². The average molecular weight is 288 g/mol. The Labute approximate surface area is 128 Å². The van der Waals surface area contributed by atoms with E-state index in [0.29, 0.717) is 12.5 Å². The number of hydrogen-bond donors (Lipinski definition) is 1. The fourth-order valence-corrected chi connectivity index (χ4v) is 3.02. The van der Waals surface area contributed by atoms with Gasteiger partial charge in [0, 0.05) is 18.6 Å². The largest absolute Gasteiger partial charge is 0.338 e. The van der Waals surface area contributed by atoms with Crippen LogP contribution < -0.4 is 5.32 Å². The van der Waals surface area contributed by atoms with Crippen LogP contribution >= 0.6 is 0 Å². The van der Waals surface area contributed by atoms with Crippen molar-refractivity contribution in [2.45, 2.75) is 58.5 Å². The van der Waals surface area contributed by atoms with Crippen molar-refractivity contribution in [2.24, 2.45) is 0 Å². The Balaban J connectivity index is 1.98. The molecule has 1 saturated heterocycles. The van der Waals surface area contributed by atoms with Crippen LogP contribution in [0, 0.1) is 6.92 Å². The van der Waals surface area contributed by atoms with E-state index >= 15 is 0 Å². The maximum Gasteiger partial charge on any atom is 0.227 e. The molecule has 0 radical (unpaired) electrons. The van der Waals surface area contributed by atoms with Crippen molar-refractivity contribution in [3.05, 3.63) is 35.4 Å². The molecule has 3 heteroatoms. The summed E-state index contributed by atoms with van der Waals surface area (Å²) in [5.74, 6) is 0.239. The molecule has 1 aromatic rings. The Morgan fingerprint density at radius 2 is 2.19 bits per heavy atom. The molecule has 0 aliphatic carbocycles. The lowest BCUT2D eigenvalue weighted by Gasteiger charge is -2.33. The summed E-state index contributed by atoms with van der Waals surface area (Å²) in [6.07, 6.45) is 4.22. The van der Waals surface area contributed by atoms with Crippen molar-refractivity contribution in [2.75, 3.05) is 13.1 Å². The number of amides is 1. The van der Waals surface area contributed by atoms with Gasteiger partial charge in [-0.2, -0.15) is 0 Å². The molecular weight excluding hydrogens is 260 g/mol. The number of rotatable bonds is 5. The molecule has 1 aliphatic heterocycles. The van der Waals surface area contributed by atoms with Gasteiger partial charge in [0.2, 0.25) is 5.91 Å². The van der Waals surface area contributed by atoms with Gasteiger partial charge in [0.15, 0.2) is 0 Å². The third-order valence-corrected chi connectivity index (χ3v) is 4.21. The molecule has 21 heavy (non-hydrogen) atoms. The van der Waals surface area contributed by atoms with Gasteiger partial charge in [0.1, 0.15) is 0 Å². The van der Waals surface area contributed by atoms with Crippen molar-refractivity contribution in [1.82, 2.24) is 10.2 Å². The van der Waals surface area contributed by atoms with Gasteiger partial charge in [0.25, 0.3) is 0 Å². The van der Waals surface area contributed by atoms with E-state index in [1.165, 1.54) is 24.8 Å². The van der Waals surface area contributed by atoms with Crippen molar-refractivity contribution in [1.29, 1.82) is 0 Å². The fourth-order valence-electron chi connectivity index (χ4n) is 3.02. The molecule has 1 atom stereocenters. The van der Waals surface area contributed by atoms with E-state index < -0.39 is 0 Å². The van der Waals surface area contributed by atoms with Crippen LogP contribution in [0.15, 0.2) is 24.3 Å². The SMILES string of the molecule is Cc1cccc(CC(=O)N(CC2CCCCN2)C(C)C)c1. The van der Waals surface area contributed by atoms with Crippen LogP contribution in [0.4, 0.5) is 0 Å². The highest BCUT2D eigenvalue weighted by Gasteiger charge is 2.22. The number of nitrogens with one attached hydrogen (secondary N) is 1. The number of piperidine rings is 1. The van der Waals surface area contributed by atoms with E-state index in [2.05, 4.69) is 38.2 Å². The lowest BCUT2D eigenvalue weighted by molar-refractivity contribution is -0.132. The second kappa shape index (κ2) is 7.60. The van der Waals surface area contributed by atoms with Gasteiger partial charge >= 0.3 is 0 Å². The number of carbonyl (C=O) groups excluding carboxylic acids is 1. The first-order valence-electron chi connectivity index (χ1n) is 8.14. The molecule has 0 bridgehead atoms. The minimum absolute atomic E-state index is 0.239. The molecule has 116 valence electrons. The Kier molecular flexibility index (Phi) is 5.80. The maximum atomic E-state index is 12.6. The number of nitrogens with zero attached hydrogens (tertiary/aromatic N) is 1. The van der Waals surface area contributed by atoms with Crippen molar-refractivity contribution in [3.8, 4) is 0 Å². The predicted octanol–water partition coefficient (Wildman–Crippen LogP) is 2.92. The highest BCUT2D eigenvalue weighted by molar-refractivity contribution is 5.79. The van der Waals surface area contributed by atoms with E-state index in [0.717, 1.165) is 18.7 Å². The Bertz CT molecular complexity index is 464. The van der Waals surface area contributed by atoms with Crippen LogP contribution in [0.3, 0.4) is 0 Å². The highest BCUT2D eigenvalue weighted by Crippen LogP contribution is 2.13. The second-order valence-corrected chi connectivity index (χ2v) is 6.45. The molecule has 1 N–H and O–H groups in total. The molecule has 0 saturated carbocycles. The van der Waals surface area contributed by atoms with Crippen LogP contribution in [-0.4, -0.2) is 36.0 Å². The molecule has 1 unspecified atom stereocenters. The molecule has 0 spiro atoms. The van der Waals surface area contributed by atoms with Gasteiger partial charge in [-0.25, -0.2) is 0 Å². The van der Waals surface area contributed by atoms with Crippen molar-refractivity contribution >= 4 is 5.91 Å². The van der Waals surface area contributed by atoms with E-state index in [4.69, 9.17) is 0 Å². The minimum Gasteiger partial charge on any atom is -0.338 e. The number of aryl methyl sites for hydroxylation is 1. The quantitative estimate of drug-likeness (QED) is 0.903. The van der Waals surface area contributed by atoms with Crippen LogP contribution in [-0.2, 0) is 11.2 Å². The first kappa shape index (κ1) is 16.0. The van der Waals surface area contributed by atoms with Crippen LogP contribution in [0.25, 0.3) is 0 Å². The van der Waals surface area contributed by atoms with Crippen LogP contribution in [0.1, 0.15) is 44.2 Å². The zero-order valence-corrected chi connectivity index (χ0v) is 13.6. The third kappa shape index (κ3) is 4.85.